The van der Waals surface area contributed by atoms with Crippen molar-refractivity contribution in [3.63, 3.8) is 0 Å². The maximum atomic E-state index is 11.0. The van der Waals surface area contributed by atoms with Crippen molar-refractivity contribution < 1.29 is 8.42 Å². The summed E-state index contributed by atoms with van der Waals surface area (Å²) in [6.07, 6.45) is 6.79. The van der Waals surface area contributed by atoms with Gasteiger partial charge in [-0.05, 0) is 24.8 Å². The maximum absolute atomic E-state index is 11.0. The van der Waals surface area contributed by atoms with Gasteiger partial charge in [0, 0.05) is 32.1 Å². The Morgan fingerprint density at radius 1 is 1.12 bits per heavy atom. The molecule has 0 aliphatic heterocycles. The third-order valence-corrected chi connectivity index (χ3v) is 5.50. The summed E-state index contributed by atoms with van der Waals surface area (Å²) in [6, 6.07) is 10.7. The average molecular weight is 367 g/mol. The molecule has 2 rings (SSSR count). The normalized spacial score (nSPS) is 17.4. The molecule has 1 fully saturated rings. The summed E-state index contributed by atoms with van der Waals surface area (Å²) in [7, 11) is -1.36. The second kappa shape index (κ2) is 9.20. The lowest BCUT2D eigenvalue weighted by Gasteiger charge is -2.30. The molecule has 1 saturated carbocycles. The molecule has 3 N–H and O–H groups in total. The molecule has 6 nitrogen and oxygen atoms in total. The van der Waals surface area contributed by atoms with E-state index in [1.54, 1.807) is 7.05 Å². The highest BCUT2D eigenvalue weighted by molar-refractivity contribution is 7.88. The van der Waals surface area contributed by atoms with Crippen LogP contribution in [0, 0.1) is 0 Å². The van der Waals surface area contributed by atoms with Gasteiger partial charge >= 0.3 is 0 Å². The van der Waals surface area contributed by atoms with Gasteiger partial charge in [0.05, 0.1) is 6.26 Å². The molecular formula is C18H30N4O2S. The minimum absolute atomic E-state index is 0.177. The Labute approximate surface area is 151 Å². The molecule has 1 aromatic rings. The summed E-state index contributed by atoms with van der Waals surface area (Å²) in [5.74, 6) is 0.765. The topological polar surface area (TPSA) is 82.6 Å². The Morgan fingerprint density at radius 3 is 2.40 bits per heavy atom. The molecule has 25 heavy (non-hydrogen) atoms. The Balaban J connectivity index is 1.83. The van der Waals surface area contributed by atoms with Gasteiger partial charge in [0.15, 0.2) is 5.96 Å². The van der Waals surface area contributed by atoms with E-state index in [1.807, 2.05) is 0 Å². The number of benzene rings is 1. The molecule has 0 radical (unpaired) electrons. The van der Waals surface area contributed by atoms with E-state index in [2.05, 4.69) is 50.7 Å². The summed E-state index contributed by atoms with van der Waals surface area (Å²) in [5.41, 5.74) is 1.57. The highest BCUT2D eigenvalue weighted by atomic mass is 32.2. The SMILES string of the molecule is CN=C(NCCCNS(C)(=O)=O)NCC1(c2ccccc2)CCCC1. The molecule has 0 unspecified atom stereocenters. The summed E-state index contributed by atoms with van der Waals surface area (Å²) in [4.78, 5) is 4.28. The highest BCUT2D eigenvalue weighted by Gasteiger charge is 2.35. The molecular weight excluding hydrogens is 336 g/mol. The van der Waals surface area contributed by atoms with Crippen molar-refractivity contribution in [2.75, 3.05) is 32.9 Å². The molecule has 1 aliphatic carbocycles. The van der Waals surface area contributed by atoms with E-state index in [0.717, 1.165) is 12.5 Å². The van der Waals surface area contributed by atoms with Crippen LogP contribution in [-0.2, 0) is 15.4 Å². The summed E-state index contributed by atoms with van der Waals surface area (Å²) in [5, 5.41) is 6.71. The van der Waals surface area contributed by atoms with Crippen LogP contribution in [0.4, 0.5) is 0 Å². The van der Waals surface area contributed by atoms with Gasteiger partial charge in [-0.1, -0.05) is 43.2 Å². The largest absolute Gasteiger partial charge is 0.356 e. The first-order valence-electron chi connectivity index (χ1n) is 8.90. The van der Waals surface area contributed by atoms with Crippen LogP contribution in [0.15, 0.2) is 35.3 Å². The fourth-order valence-corrected chi connectivity index (χ4v) is 3.95. The van der Waals surface area contributed by atoms with E-state index in [-0.39, 0.29) is 5.41 Å². The Bertz CT molecular complexity index is 653. The highest BCUT2D eigenvalue weighted by Crippen LogP contribution is 2.40. The van der Waals surface area contributed by atoms with E-state index in [9.17, 15) is 8.42 Å². The lowest BCUT2D eigenvalue weighted by Crippen LogP contribution is -2.45. The van der Waals surface area contributed by atoms with Crippen molar-refractivity contribution in [2.24, 2.45) is 4.99 Å². The average Bonchev–Trinajstić information content (AvgIpc) is 3.07. The first-order valence-corrected chi connectivity index (χ1v) is 10.8. The van der Waals surface area contributed by atoms with Crippen LogP contribution in [0.5, 0.6) is 0 Å². The minimum Gasteiger partial charge on any atom is -0.356 e. The molecule has 0 atom stereocenters. The first kappa shape index (κ1) is 19.7. The molecule has 0 heterocycles. The van der Waals surface area contributed by atoms with Crippen LogP contribution in [0.3, 0.4) is 0 Å². The molecule has 1 aliphatic rings. The number of hydrogen-bond donors (Lipinski definition) is 3. The van der Waals surface area contributed by atoms with Gasteiger partial charge in [0.2, 0.25) is 10.0 Å². The smallest absolute Gasteiger partial charge is 0.208 e. The van der Waals surface area contributed by atoms with Crippen LogP contribution in [0.25, 0.3) is 0 Å². The number of nitrogens with zero attached hydrogens (tertiary/aromatic N) is 1. The van der Waals surface area contributed by atoms with Crippen LogP contribution >= 0.6 is 0 Å². The third kappa shape index (κ3) is 6.32. The van der Waals surface area contributed by atoms with Gasteiger partial charge in [-0.2, -0.15) is 0 Å². The third-order valence-electron chi connectivity index (χ3n) is 4.77. The zero-order valence-electron chi connectivity index (χ0n) is 15.2. The van der Waals surface area contributed by atoms with Crippen molar-refractivity contribution >= 4 is 16.0 Å². The number of rotatable bonds is 8. The fraction of sp³-hybridized carbons (Fsp3) is 0.611. The molecule has 140 valence electrons. The molecule has 0 bridgehead atoms. The van der Waals surface area contributed by atoms with Gasteiger partial charge in [-0.15, -0.1) is 0 Å². The predicted octanol–water partition coefficient (Wildman–Crippen LogP) is 1.60. The Hall–Kier alpha value is -1.60. The molecule has 0 amide bonds. The number of aliphatic imine (C=N–C) groups is 1. The lowest BCUT2D eigenvalue weighted by atomic mass is 9.79. The molecule has 1 aromatic carbocycles. The van der Waals surface area contributed by atoms with Gasteiger partial charge in [-0.3, -0.25) is 4.99 Å². The van der Waals surface area contributed by atoms with Crippen molar-refractivity contribution in [3.05, 3.63) is 35.9 Å². The van der Waals surface area contributed by atoms with Crippen molar-refractivity contribution in [1.29, 1.82) is 0 Å². The Morgan fingerprint density at radius 2 is 1.80 bits per heavy atom. The van der Waals surface area contributed by atoms with Gasteiger partial charge in [-0.25, -0.2) is 13.1 Å². The van der Waals surface area contributed by atoms with Crippen molar-refractivity contribution in [1.82, 2.24) is 15.4 Å². The van der Waals surface area contributed by atoms with Gasteiger partial charge in [0.25, 0.3) is 0 Å². The second-order valence-corrected chi connectivity index (χ2v) is 8.56. The lowest BCUT2D eigenvalue weighted by molar-refractivity contribution is 0.431. The summed E-state index contributed by atoms with van der Waals surface area (Å²) in [6.45, 7) is 1.95. The molecule has 0 saturated heterocycles. The quantitative estimate of drug-likeness (QED) is 0.371. The van der Waals surface area contributed by atoms with Crippen molar-refractivity contribution in [3.8, 4) is 0 Å². The molecule has 7 heteroatoms. The molecule has 0 spiro atoms. The van der Waals surface area contributed by atoms with E-state index in [0.29, 0.717) is 19.5 Å². The van der Waals surface area contributed by atoms with E-state index in [4.69, 9.17) is 0 Å². The summed E-state index contributed by atoms with van der Waals surface area (Å²) < 4.78 is 24.6. The second-order valence-electron chi connectivity index (χ2n) is 6.73. The van der Waals surface area contributed by atoms with Crippen LogP contribution in [0.2, 0.25) is 0 Å². The van der Waals surface area contributed by atoms with Gasteiger partial charge < -0.3 is 10.6 Å². The molecule has 0 aromatic heterocycles. The zero-order valence-corrected chi connectivity index (χ0v) is 16.0. The predicted molar refractivity (Wildman–Crippen MR) is 103 cm³/mol. The zero-order chi connectivity index (χ0) is 18.2. The maximum Gasteiger partial charge on any atom is 0.208 e. The first-order chi connectivity index (χ1) is 12.0. The van der Waals surface area contributed by atoms with Gasteiger partial charge in [0.1, 0.15) is 0 Å². The van der Waals surface area contributed by atoms with Crippen molar-refractivity contribution in [2.45, 2.75) is 37.5 Å². The van der Waals surface area contributed by atoms with Crippen LogP contribution in [0.1, 0.15) is 37.7 Å². The van der Waals surface area contributed by atoms with E-state index in [1.165, 1.54) is 37.5 Å². The number of hydrogen-bond acceptors (Lipinski definition) is 3. The van der Waals surface area contributed by atoms with Crippen LogP contribution < -0.4 is 15.4 Å². The summed E-state index contributed by atoms with van der Waals surface area (Å²) >= 11 is 0. The Kier molecular flexibility index (Phi) is 7.25. The minimum atomic E-state index is -3.11. The number of guanidine groups is 1. The fourth-order valence-electron chi connectivity index (χ4n) is 3.44. The van der Waals surface area contributed by atoms with E-state index >= 15 is 0 Å². The van der Waals surface area contributed by atoms with Crippen LogP contribution in [-0.4, -0.2) is 47.3 Å². The number of nitrogens with one attached hydrogen (secondary N) is 3. The number of sulfonamides is 1. The van der Waals surface area contributed by atoms with E-state index < -0.39 is 10.0 Å². The monoisotopic (exact) mass is 366 g/mol. The standard InChI is InChI=1S/C18H30N4O2S/c1-19-17(20-13-8-14-22-25(2,23)24)21-15-18(11-6-7-12-18)16-9-4-3-5-10-16/h3-5,9-10,22H,6-8,11-15H2,1-2H3,(H2,19,20,21).